The third-order valence-corrected chi connectivity index (χ3v) is 4.03. The third kappa shape index (κ3) is 4.16. The number of carbonyl (C=O) groups is 1. The van der Waals surface area contributed by atoms with E-state index in [9.17, 15) is 4.79 Å². The van der Waals surface area contributed by atoms with Crippen molar-refractivity contribution < 1.29 is 4.79 Å². The Kier molecular flexibility index (Phi) is 4.89. The summed E-state index contributed by atoms with van der Waals surface area (Å²) in [6.45, 7) is 6.86. The van der Waals surface area contributed by atoms with E-state index < -0.39 is 0 Å². The van der Waals surface area contributed by atoms with Crippen LogP contribution in [-0.4, -0.2) is 26.7 Å². The van der Waals surface area contributed by atoms with E-state index in [-0.39, 0.29) is 11.9 Å². The summed E-state index contributed by atoms with van der Waals surface area (Å²) in [6, 6.07) is 1.92. The minimum atomic E-state index is 0.00487. The van der Waals surface area contributed by atoms with Gasteiger partial charge in [0.15, 0.2) is 0 Å². The predicted molar refractivity (Wildman–Crippen MR) is 79.7 cm³/mol. The van der Waals surface area contributed by atoms with Crippen molar-refractivity contribution >= 4 is 17.2 Å². The second kappa shape index (κ2) is 6.65. The van der Waals surface area contributed by atoms with Crippen molar-refractivity contribution in [2.24, 2.45) is 0 Å². The van der Waals surface area contributed by atoms with Crippen LogP contribution in [0.1, 0.15) is 37.4 Å². The number of hydrogen-bond donors (Lipinski definition) is 1. The molecule has 0 fully saturated rings. The zero-order valence-electron chi connectivity index (χ0n) is 12.0. The Hall–Kier alpha value is -1.69. The summed E-state index contributed by atoms with van der Waals surface area (Å²) in [5.74, 6) is 0.417. The average Bonchev–Trinajstić information content (AvgIpc) is 2.99. The largest absolute Gasteiger partial charge is 0.351 e. The molecule has 1 amide bonds. The highest BCUT2D eigenvalue weighted by Crippen LogP contribution is 2.19. The van der Waals surface area contributed by atoms with Gasteiger partial charge in [0.1, 0.15) is 0 Å². The van der Waals surface area contributed by atoms with E-state index in [1.165, 1.54) is 0 Å². The molecule has 2 aromatic rings. The first-order valence-electron chi connectivity index (χ1n) is 6.75. The van der Waals surface area contributed by atoms with Crippen LogP contribution >= 0.6 is 11.3 Å². The number of rotatable bonds is 6. The van der Waals surface area contributed by atoms with Gasteiger partial charge >= 0.3 is 0 Å². The van der Waals surface area contributed by atoms with Crippen LogP contribution in [0.15, 0.2) is 23.8 Å². The topological polar surface area (TPSA) is 59.8 Å². The normalized spacial score (nSPS) is 12.6. The number of hydrogen-bond acceptors (Lipinski definition) is 4. The molecule has 0 bridgehead atoms. The van der Waals surface area contributed by atoms with E-state index in [4.69, 9.17) is 0 Å². The summed E-state index contributed by atoms with van der Waals surface area (Å²) in [5.41, 5.74) is 0.850. The van der Waals surface area contributed by atoms with E-state index >= 15 is 0 Å². The minimum Gasteiger partial charge on any atom is -0.351 e. The van der Waals surface area contributed by atoms with Gasteiger partial charge in [0.25, 0.3) is 0 Å². The quantitative estimate of drug-likeness (QED) is 0.888. The summed E-state index contributed by atoms with van der Waals surface area (Å²) in [6.07, 6.45) is 3.96. The fourth-order valence-corrected chi connectivity index (χ4v) is 2.73. The van der Waals surface area contributed by atoms with Crippen molar-refractivity contribution in [3.05, 3.63) is 34.5 Å². The van der Waals surface area contributed by atoms with Gasteiger partial charge in [0, 0.05) is 29.7 Å². The number of nitrogens with zero attached hydrogens (tertiary/aromatic N) is 3. The predicted octanol–water partition coefficient (Wildman–Crippen LogP) is 2.21. The Balaban J connectivity index is 1.82. The van der Waals surface area contributed by atoms with Gasteiger partial charge in [-0.05, 0) is 13.0 Å². The van der Waals surface area contributed by atoms with E-state index in [0.29, 0.717) is 18.9 Å². The van der Waals surface area contributed by atoms with Crippen LogP contribution < -0.4 is 5.32 Å². The van der Waals surface area contributed by atoms with E-state index in [0.717, 1.165) is 10.7 Å². The molecule has 5 nitrogen and oxygen atoms in total. The zero-order chi connectivity index (χ0) is 14.5. The lowest BCUT2D eigenvalue weighted by molar-refractivity contribution is -0.121. The molecule has 0 aromatic carbocycles. The minimum absolute atomic E-state index is 0.00487. The lowest BCUT2D eigenvalue weighted by atomic mass is 10.2. The maximum atomic E-state index is 12.0. The summed E-state index contributed by atoms with van der Waals surface area (Å²) in [7, 11) is 0. The SMILES string of the molecule is CC(C)c1nc(CC(=O)N[C@H](C)Cn2cccn2)cs1. The first kappa shape index (κ1) is 14.7. The molecule has 0 radical (unpaired) electrons. The highest BCUT2D eigenvalue weighted by molar-refractivity contribution is 7.09. The molecule has 108 valence electrons. The molecule has 2 aromatic heterocycles. The van der Waals surface area contributed by atoms with Crippen LogP contribution in [0, 0.1) is 0 Å². The van der Waals surface area contributed by atoms with E-state index in [2.05, 4.69) is 29.2 Å². The van der Waals surface area contributed by atoms with Gasteiger partial charge in [-0.3, -0.25) is 9.48 Å². The molecule has 0 aliphatic heterocycles. The van der Waals surface area contributed by atoms with Gasteiger partial charge in [0.05, 0.1) is 23.7 Å². The number of aromatic nitrogens is 3. The van der Waals surface area contributed by atoms with Crippen LogP contribution in [-0.2, 0) is 17.8 Å². The first-order valence-corrected chi connectivity index (χ1v) is 7.63. The van der Waals surface area contributed by atoms with Crippen molar-refractivity contribution in [2.75, 3.05) is 0 Å². The molecule has 20 heavy (non-hydrogen) atoms. The maximum absolute atomic E-state index is 12.0. The first-order chi connectivity index (χ1) is 9.54. The Morgan fingerprint density at radius 2 is 2.25 bits per heavy atom. The highest BCUT2D eigenvalue weighted by Gasteiger charge is 2.12. The van der Waals surface area contributed by atoms with E-state index in [1.807, 2.05) is 29.2 Å². The van der Waals surface area contributed by atoms with Crippen molar-refractivity contribution in [1.29, 1.82) is 0 Å². The fraction of sp³-hybridized carbons (Fsp3) is 0.500. The molecule has 0 aliphatic rings. The van der Waals surface area contributed by atoms with E-state index in [1.54, 1.807) is 17.5 Å². The number of nitrogens with one attached hydrogen (secondary N) is 1. The van der Waals surface area contributed by atoms with Crippen molar-refractivity contribution in [3.8, 4) is 0 Å². The van der Waals surface area contributed by atoms with Crippen LogP contribution in [0.5, 0.6) is 0 Å². The molecular formula is C14H20N4OS. The number of carbonyl (C=O) groups excluding carboxylic acids is 1. The van der Waals surface area contributed by atoms with Crippen LogP contribution in [0.3, 0.4) is 0 Å². The average molecular weight is 292 g/mol. The second-order valence-electron chi connectivity index (χ2n) is 5.21. The Bertz CT molecular complexity index is 547. The standard InChI is InChI=1S/C14H20N4OS/c1-10(2)14-17-12(9-20-14)7-13(19)16-11(3)8-18-6-4-5-15-18/h4-6,9-11H,7-8H2,1-3H3,(H,16,19)/t11-/m1/s1. The number of amides is 1. The maximum Gasteiger partial charge on any atom is 0.226 e. The summed E-state index contributed by atoms with van der Waals surface area (Å²) < 4.78 is 1.81. The fourth-order valence-electron chi connectivity index (χ4n) is 1.89. The van der Waals surface area contributed by atoms with Gasteiger partial charge in [0.2, 0.25) is 5.91 Å². The molecule has 0 saturated heterocycles. The molecule has 0 unspecified atom stereocenters. The molecule has 6 heteroatoms. The lowest BCUT2D eigenvalue weighted by Crippen LogP contribution is -2.36. The van der Waals surface area contributed by atoms with Crippen molar-refractivity contribution in [3.63, 3.8) is 0 Å². The van der Waals surface area contributed by atoms with Crippen LogP contribution in [0.25, 0.3) is 0 Å². The monoisotopic (exact) mass is 292 g/mol. The molecular weight excluding hydrogens is 272 g/mol. The summed E-state index contributed by atoms with van der Waals surface area (Å²) in [4.78, 5) is 16.4. The summed E-state index contributed by atoms with van der Waals surface area (Å²) in [5, 5.41) is 10.1. The Morgan fingerprint density at radius 1 is 1.45 bits per heavy atom. The molecule has 2 rings (SSSR count). The molecule has 1 N–H and O–H groups in total. The second-order valence-corrected chi connectivity index (χ2v) is 6.09. The van der Waals surface area contributed by atoms with Gasteiger partial charge in [-0.15, -0.1) is 11.3 Å². The summed E-state index contributed by atoms with van der Waals surface area (Å²) >= 11 is 1.62. The van der Waals surface area contributed by atoms with Gasteiger partial charge < -0.3 is 5.32 Å². The number of thiazole rings is 1. The van der Waals surface area contributed by atoms with Crippen molar-refractivity contribution in [1.82, 2.24) is 20.1 Å². The van der Waals surface area contributed by atoms with Crippen LogP contribution in [0.4, 0.5) is 0 Å². The molecule has 0 saturated carbocycles. The van der Waals surface area contributed by atoms with Crippen LogP contribution in [0.2, 0.25) is 0 Å². The molecule has 1 atom stereocenters. The van der Waals surface area contributed by atoms with Gasteiger partial charge in [-0.2, -0.15) is 5.10 Å². The molecule has 0 aliphatic carbocycles. The Morgan fingerprint density at radius 3 is 2.85 bits per heavy atom. The van der Waals surface area contributed by atoms with Gasteiger partial charge in [-0.1, -0.05) is 13.8 Å². The molecule has 0 spiro atoms. The molecule has 2 heterocycles. The van der Waals surface area contributed by atoms with Gasteiger partial charge in [-0.25, -0.2) is 4.98 Å². The zero-order valence-corrected chi connectivity index (χ0v) is 12.9. The lowest BCUT2D eigenvalue weighted by Gasteiger charge is -2.13. The highest BCUT2D eigenvalue weighted by atomic mass is 32.1. The van der Waals surface area contributed by atoms with Crippen molar-refractivity contribution in [2.45, 2.75) is 45.7 Å². The Labute approximate surface area is 123 Å². The third-order valence-electron chi connectivity index (χ3n) is 2.83. The smallest absolute Gasteiger partial charge is 0.226 e.